The summed E-state index contributed by atoms with van der Waals surface area (Å²) in [5.74, 6) is -1.47. The van der Waals surface area contributed by atoms with Crippen molar-refractivity contribution >= 4 is 39.4 Å². The zero-order chi connectivity index (χ0) is 22.6. The van der Waals surface area contributed by atoms with Gasteiger partial charge in [0.15, 0.2) is 9.84 Å². The quantitative estimate of drug-likeness (QED) is 0.450. The molecule has 3 rings (SSSR count). The van der Waals surface area contributed by atoms with Crippen LogP contribution in [0.2, 0.25) is 5.02 Å². The van der Waals surface area contributed by atoms with E-state index in [9.17, 15) is 22.8 Å². The molecule has 0 aromatic heterocycles. The second-order valence-corrected chi connectivity index (χ2v) is 9.01. The number of hydrogen-bond acceptors (Lipinski definition) is 8. The van der Waals surface area contributed by atoms with Crippen molar-refractivity contribution in [1.82, 2.24) is 5.06 Å². The number of imide groups is 1. The van der Waals surface area contributed by atoms with Crippen LogP contribution < -0.4 is 4.74 Å². The molecule has 0 saturated carbocycles. The van der Waals surface area contributed by atoms with Crippen LogP contribution in [0.1, 0.15) is 24.5 Å². The highest BCUT2D eigenvalue weighted by atomic mass is 35.5. The first-order valence-electron chi connectivity index (χ1n) is 9.06. The smallest absolute Gasteiger partial charge is 0.497 e. The van der Waals surface area contributed by atoms with E-state index in [4.69, 9.17) is 25.9 Å². The molecule has 2 amide bonds. The molecular weight excluding hydrogens is 450 g/mol. The molecule has 164 valence electrons. The topological polar surface area (TPSA) is 116 Å². The van der Waals surface area contributed by atoms with Crippen molar-refractivity contribution in [2.24, 2.45) is 0 Å². The second kappa shape index (κ2) is 9.36. The Bertz CT molecular complexity index is 1070. The van der Waals surface area contributed by atoms with E-state index in [0.717, 1.165) is 0 Å². The lowest BCUT2D eigenvalue weighted by Gasteiger charge is -2.20. The molecule has 11 heteroatoms. The predicted molar refractivity (Wildman–Crippen MR) is 108 cm³/mol. The Morgan fingerprint density at radius 3 is 2.16 bits per heavy atom. The lowest BCUT2D eigenvalue weighted by molar-refractivity contribution is -0.178. The van der Waals surface area contributed by atoms with Gasteiger partial charge in [0.25, 0.3) is 11.8 Å². The van der Waals surface area contributed by atoms with Crippen LogP contribution in [0.3, 0.4) is 0 Å². The molecule has 9 nitrogen and oxygen atoms in total. The van der Waals surface area contributed by atoms with E-state index in [-0.39, 0.29) is 17.7 Å². The average Bonchev–Trinajstić information content (AvgIpc) is 3.05. The maximum Gasteiger partial charge on any atom is 0.534 e. The molecule has 1 atom stereocenters. The van der Waals surface area contributed by atoms with Crippen molar-refractivity contribution in [3.63, 3.8) is 0 Å². The van der Waals surface area contributed by atoms with Crippen LogP contribution in [0.15, 0.2) is 53.4 Å². The summed E-state index contributed by atoms with van der Waals surface area (Å²) in [7, 11) is -2.44. The minimum atomic E-state index is -3.90. The number of halogens is 1. The zero-order valence-electron chi connectivity index (χ0n) is 16.3. The first-order chi connectivity index (χ1) is 14.7. The number of carbonyl (C=O) groups is 3. The fourth-order valence-corrected chi connectivity index (χ4v) is 4.35. The van der Waals surface area contributed by atoms with Gasteiger partial charge in [-0.2, -0.15) is 0 Å². The number of benzene rings is 2. The van der Waals surface area contributed by atoms with Crippen LogP contribution in [0, 0.1) is 0 Å². The van der Waals surface area contributed by atoms with Crippen LogP contribution in [-0.4, -0.2) is 44.3 Å². The second-order valence-electron chi connectivity index (χ2n) is 6.54. The molecule has 0 radical (unpaired) electrons. The third kappa shape index (κ3) is 5.53. The standard InChI is InChI=1S/C20H18ClNO8S/c1-28-15-6-2-13(3-7-15)17(12-31(26,27)16-8-4-14(21)5-9-16)29-20(25)30-22-18(23)10-11-19(22)24/h2-9,17H,10-12H2,1H3. The SMILES string of the molecule is COc1ccc(C(CS(=O)(=O)c2ccc(Cl)cc2)OC(=O)ON2C(=O)CCC2=O)cc1. The fraction of sp³-hybridized carbons (Fsp3) is 0.250. The lowest BCUT2D eigenvalue weighted by atomic mass is 10.1. The first-order valence-corrected chi connectivity index (χ1v) is 11.1. The van der Waals surface area contributed by atoms with E-state index in [1.54, 1.807) is 12.1 Å². The summed E-state index contributed by atoms with van der Waals surface area (Å²) in [6.45, 7) is 0. The lowest BCUT2D eigenvalue weighted by Crippen LogP contribution is -2.33. The van der Waals surface area contributed by atoms with Crippen molar-refractivity contribution < 1.29 is 37.1 Å². The van der Waals surface area contributed by atoms with Gasteiger partial charge in [0.1, 0.15) is 11.9 Å². The summed E-state index contributed by atoms with van der Waals surface area (Å²) in [6.07, 6.45) is -2.83. The van der Waals surface area contributed by atoms with Crippen LogP contribution in [0.5, 0.6) is 5.75 Å². The molecule has 1 unspecified atom stereocenters. The maximum absolute atomic E-state index is 12.9. The van der Waals surface area contributed by atoms with Gasteiger partial charge in [-0.15, -0.1) is 0 Å². The number of amides is 2. The molecule has 1 saturated heterocycles. The molecule has 0 bridgehead atoms. The van der Waals surface area contributed by atoms with Gasteiger partial charge in [-0.25, -0.2) is 13.2 Å². The number of methoxy groups -OCH3 is 1. The van der Waals surface area contributed by atoms with E-state index in [1.807, 2.05) is 0 Å². The molecule has 2 aromatic rings. The number of ether oxygens (including phenoxy) is 2. The van der Waals surface area contributed by atoms with Gasteiger partial charge in [0.05, 0.1) is 17.8 Å². The number of carbonyl (C=O) groups excluding carboxylic acids is 3. The van der Waals surface area contributed by atoms with Gasteiger partial charge in [-0.05, 0) is 42.0 Å². The van der Waals surface area contributed by atoms with Crippen LogP contribution in [-0.2, 0) is 29.0 Å². The highest BCUT2D eigenvalue weighted by Crippen LogP contribution is 2.27. The van der Waals surface area contributed by atoms with Crippen molar-refractivity contribution in [3.05, 3.63) is 59.1 Å². The van der Waals surface area contributed by atoms with E-state index in [0.29, 0.717) is 21.4 Å². The third-order valence-electron chi connectivity index (χ3n) is 4.44. The Kier molecular flexibility index (Phi) is 6.81. The number of sulfone groups is 1. The molecule has 1 aliphatic rings. The van der Waals surface area contributed by atoms with Gasteiger partial charge in [-0.1, -0.05) is 28.8 Å². The predicted octanol–water partition coefficient (Wildman–Crippen LogP) is 3.08. The van der Waals surface area contributed by atoms with Crippen molar-refractivity contribution in [2.75, 3.05) is 12.9 Å². The normalized spacial score (nSPS) is 15.0. The number of hydrogen-bond donors (Lipinski definition) is 0. The van der Waals surface area contributed by atoms with Crippen molar-refractivity contribution in [1.29, 1.82) is 0 Å². The van der Waals surface area contributed by atoms with Crippen LogP contribution in [0.4, 0.5) is 4.79 Å². The Balaban J connectivity index is 1.83. The van der Waals surface area contributed by atoms with E-state index in [2.05, 4.69) is 0 Å². The summed E-state index contributed by atoms with van der Waals surface area (Å²) >= 11 is 5.81. The highest BCUT2D eigenvalue weighted by Gasteiger charge is 2.35. The Morgan fingerprint density at radius 2 is 1.61 bits per heavy atom. The zero-order valence-corrected chi connectivity index (χ0v) is 17.9. The molecule has 1 aliphatic heterocycles. The van der Waals surface area contributed by atoms with Crippen LogP contribution >= 0.6 is 11.6 Å². The Morgan fingerprint density at radius 1 is 1.03 bits per heavy atom. The van der Waals surface area contributed by atoms with E-state index in [1.165, 1.54) is 43.5 Å². The minimum absolute atomic E-state index is 0.0164. The number of rotatable bonds is 7. The van der Waals surface area contributed by atoms with Gasteiger partial charge in [0, 0.05) is 17.9 Å². The van der Waals surface area contributed by atoms with Gasteiger partial charge in [0.2, 0.25) is 0 Å². The summed E-state index contributed by atoms with van der Waals surface area (Å²) in [6, 6.07) is 11.7. The molecule has 31 heavy (non-hydrogen) atoms. The maximum atomic E-state index is 12.9. The van der Waals surface area contributed by atoms with Crippen LogP contribution in [0.25, 0.3) is 0 Å². The summed E-state index contributed by atoms with van der Waals surface area (Å²) in [5, 5.41) is 0.687. The Labute approximate surface area is 183 Å². The minimum Gasteiger partial charge on any atom is -0.497 e. The van der Waals surface area contributed by atoms with Gasteiger partial charge < -0.3 is 9.47 Å². The third-order valence-corrected chi connectivity index (χ3v) is 6.43. The number of nitrogens with zero attached hydrogens (tertiary/aromatic N) is 1. The average molecular weight is 468 g/mol. The fourth-order valence-electron chi connectivity index (χ4n) is 2.82. The Hall–Kier alpha value is -3.11. The largest absolute Gasteiger partial charge is 0.534 e. The monoisotopic (exact) mass is 467 g/mol. The van der Waals surface area contributed by atoms with Gasteiger partial charge in [-0.3, -0.25) is 14.4 Å². The highest BCUT2D eigenvalue weighted by molar-refractivity contribution is 7.91. The molecule has 2 aromatic carbocycles. The van der Waals surface area contributed by atoms with Crippen molar-refractivity contribution in [2.45, 2.75) is 23.8 Å². The van der Waals surface area contributed by atoms with E-state index < -0.39 is 39.7 Å². The molecule has 0 aliphatic carbocycles. The molecule has 0 N–H and O–H groups in total. The van der Waals surface area contributed by atoms with E-state index >= 15 is 0 Å². The summed E-state index contributed by atoms with van der Waals surface area (Å²) < 4.78 is 36.0. The molecule has 1 heterocycles. The summed E-state index contributed by atoms with van der Waals surface area (Å²) in [4.78, 5) is 40.2. The molecule has 0 spiro atoms. The first kappa shape index (κ1) is 22.6. The van der Waals surface area contributed by atoms with Gasteiger partial charge >= 0.3 is 6.16 Å². The molecular formula is C20H18ClNO8S. The molecule has 1 fully saturated rings. The number of hydroxylamine groups is 2. The summed E-state index contributed by atoms with van der Waals surface area (Å²) in [5.41, 5.74) is 0.342. The van der Waals surface area contributed by atoms with Crippen molar-refractivity contribution in [3.8, 4) is 5.75 Å².